The van der Waals surface area contributed by atoms with E-state index in [0.29, 0.717) is 5.88 Å². The fourth-order valence-corrected chi connectivity index (χ4v) is 3.56. The van der Waals surface area contributed by atoms with Crippen LogP contribution in [0.2, 0.25) is 5.02 Å². The second-order valence-corrected chi connectivity index (χ2v) is 6.00. The second kappa shape index (κ2) is 6.47. The average Bonchev–Trinajstić information content (AvgIpc) is 3.02. The predicted molar refractivity (Wildman–Crippen MR) is 81.0 cm³/mol. The summed E-state index contributed by atoms with van der Waals surface area (Å²) in [6, 6.07) is 0. The number of halogens is 2. The first-order valence-corrected chi connectivity index (χ1v) is 8.12. The Morgan fingerprint density at radius 2 is 2.00 bits per heavy atom. The Kier molecular flexibility index (Phi) is 5.15. The van der Waals surface area contributed by atoms with Gasteiger partial charge in [0.1, 0.15) is 0 Å². The second-order valence-electron chi connectivity index (χ2n) is 5.35. The van der Waals surface area contributed by atoms with Crippen LogP contribution >= 0.6 is 23.2 Å². The van der Waals surface area contributed by atoms with E-state index in [0.717, 1.165) is 48.8 Å². The van der Waals surface area contributed by atoms with Gasteiger partial charge in [0.25, 0.3) is 0 Å². The highest BCUT2D eigenvalue weighted by atomic mass is 35.5. The van der Waals surface area contributed by atoms with Crippen LogP contribution in [0, 0.1) is 0 Å². The van der Waals surface area contributed by atoms with E-state index in [1.165, 1.54) is 12.8 Å². The van der Waals surface area contributed by atoms with Gasteiger partial charge in [-0.3, -0.25) is 4.68 Å². The summed E-state index contributed by atoms with van der Waals surface area (Å²) in [6.45, 7) is 5.79. The minimum Gasteiger partial charge on any atom is -0.304 e. The summed E-state index contributed by atoms with van der Waals surface area (Å²) in [6.07, 6.45) is 5.73. The summed E-state index contributed by atoms with van der Waals surface area (Å²) in [4.78, 5) is 0. The molecule has 0 aromatic carbocycles. The van der Waals surface area contributed by atoms with Crippen molar-refractivity contribution in [2.45, 2.75) is 64.6 Å². The van der Waals surface area contributed by atoms with E-state index in [2.05, 4.69) is 24.3 Å². The lowest BCUT2D eigenvalue weighted by atomic mass is 10.0. The number of aryl methyl sites for hydroxylation is 2. The van der Waals surface area contributed by atoms with Gasteiger partial charge in [-0.1, -0.05) is 31.4 Å². The van der Waals surface area contributed by atoms with Crippen LogP contribution in [0.15, 0.2) is 0 Å². The highest BCUT2D eigenvalue weighted by Crippen LogP contribution is 2.31. The number of aromatic nitrogens is 2. The molecule has 1 aromatic rings. The number of nitrogens with zero attached hydrogens (tertiary/aromatic N) is 2. The Morgan fingerprint density at radius 3 is 2.53 bits per heavy atom. The predicted octanol–water partition coefficient (Wildman–Crippen LogP) is 3.76. The van der Waals surface area contributed by atoms with Crippen molar-refractivity contribution in [3.05, 3.63) is 16.4 Å². The zero-order valence-corrected chi connectivity index (χ0v) is 13.3. The van der Waals surface area contributed by atoms with Crippen molar-refractivity contribution in [2.24, 2.45) is 0 Å². The molecule has 0 bridgehead atoms. The topological polar surface area (TPSA) is 29.9 Å². The molecule has 1 heterocycles. The first-order chi connectivity index (χ1) is 9.15. The van der Waals surface area contributed by atoms with E-state index in [4.69, 9.17) is 23.2 Å². The van der Waals surface area contributed by atoms with Crippen molar-refractivity contribution in [1.29, 1.82) is 0 Å². The molecule has 0 amide bonds. The van der Waals surface area contributed by atoms with Crippen LogP contribution in [0.25, 0.3) is 0 Å². The summed E-state index contributed by atoms with van der Waals surface area (Å²) in [5.74, 6) is 0.672. The zero-order chi connectivity index (χ0) is 13.9. The average molecular weight is 304 g/mol. The maximum Gasteiger partial charge on any atom is 0.0863 e. The molecule has 19 heavy (non-hydrogen) atoms. The van der Waals surface area contributed by atoms with E-state index in [9.17, 15) is 0 Å². The van der Waals surface area contributed by atoms with Crippen LogP contribution < -0.4 is 5.32 Å². The fraction of sp³-hybridized carbons (Fsp3) is 0.786. The summed E-state index contributed by atoms with van der Waals surface area (Å²) in [5, 5.41) is 9.01. The maximum atomic E-state index is 6.43. The number of hydrogen-bond acceptors (Lipinski definition) is 2. The van der Waals surface area contributed by atoms with Crippen LogP contribution in [0.4, 0.5) is 0 Å². The standard InChI is InChI=1S/C14H23Cl2N3/c1-3-11-13(16)12(19(4-2)18-11)9-17-14(10-15)7-5-6-8-14/h17H,3-10H2,1-2H3. The minimum absolute atomic E-state index is 0.0973. The Balaban J connectivity index is 2.12. The van der Waals surface area contributed by atoms with Gasteiger partial charge in [0.05, 0.1) is 16.4 Å². The molecule has 1 aliphatic carbocycles. The normalized spacial score (nSPS) is 18.1. The molecule has 1 aromatic heterocycles. The van der Waals surface area contributed by atoms with Gasteiger partial charge in [-0.25, -0.2) is 0 Å². The molecule has 0 spiro atoms. The van der Waals surface area contributed by atoms with E-state index in [-0.39, 0.29) is 5.54 Å². The van der Waals surface area contributed by atoms with Crippen molar-refractivity contribution in [3.63, 3.8) is 0 Å². The Bertz CT molecular complexity index is 423. The molecule has 5 heteroatoms. The maximum absolute atomic E-state index is 6.43. The van der Waals surface area contributed by atoms with Crippen LogP contribution in [-0.2, 0) is 19.5 Å². The van der Waals surface area contributed by atoms with Crippen LogP contribution in [0.5, 0.6) is 0 Å². The number of nitrogens with one attached hydrogen (secondary N) is 1. The lowest BCUT2D eigenvalue weighted by molar-refractivity contribution is 0.361. The highest BCUT2D eigenvalue weighted by molar-refractivity contribution is 6.31. The van der Waals surface area contributed by atoms with Gasteiger partial charge in [0.15, 0.2) is 0 Å². The Morgan fingerprint density at radius 1 is 1.32 bits per heavy atom. The van der Waals surface area contributed by atoms with Gasteiger partial charge in [-0.05, 0) is 26.2 Å². The molecule has 2 rings (SSSR count). The first-order valence-electron chi connectivity index (χ1n) is 7.21. The summed E-state index contributed by atoms with van der Waals surface area (Å²) >= 11 is 12.6. The van der Waals surface area contributed by atoms with Gasteiger partial charge in [0, 0.05) is 24.5 Å². The zero-order valence-electron chi connectivity index (χ0n) is 11.8. The summed E-state index contributed by atoms with van der Waals surface area (Å²) in [7, 11) is 0. The third-order valence-corrected chi connectivity index (χ3v) is 5.09. The Labute approximate surface area is 125 Å². The molecule has 1 N–H and O–H groups in total. The highest BCUT2D eigenvalue weighted by Gasteiger charge is 2.32. The van der Waals surface area contributed by atoms with E-state index >= 15 is 0 Å². The molecule has 0 atom stereocenters. The third kappa shape index (κ3) is 3.09. The van der Waals surface area contributed by atoms with Crippen LogP contribution in [-0.4, -0.2) is 21.2 Å². The van der Waals surface area contributed by atoms with Gasteiger partial charge in [-0.2, -0.15) is 5.10 Å². The third-order valence-electron chi connectivity index (χ3n) is 4.14. The van der Waals surface area contributed by atoms with Crippen molar-refractivity contribution >= 4 is 23.2 Å². The van der Waals surface area contributed by atoms with Crippen molar-refractivity contribution < 1.29 is 0 Å². The molecule has 0 unspecified atom stereocenters. The van der Waals surface area contributed by atoms with Gasteiger partial charge >= 0.3 is 0 Å². The monoisotopic (exact) mass is 303 g/mol. The number of rotatable bonds is 6. The van der Waals surface area contributed by atoms with Gasteiger partial charge in [-0.15, -0.1) is 11.6 Å². The molecule has 1 fully saturated rings. The molecule has 0 saturated heterocycles. The van der Waals surface area contributed by atoms with Gasteiger partial charge < -0.3 is 5.32 Å². The Hall–Kier alpha value is -0.250. The van der Waals surface area contributed by atoms with Crippen molar-refractivity contribution in [1.82, 2.24) is 15.1 Å². The van der Waals surface area contributed by atoms with Crippen LogP contribution in [0.1, 0.15) is 50.9 Å². The quantitative estimate of drug-likeness (QED) is 0.811. The van der Waals surface area contributed by atoms with Crippen molar-refractivity contribution in [2.75, 3.05) is 5.88 Å². The molecule has 0 radical (unpaired) electrons. The SMILES string of the molecule is CCc1nn(CC)c(CNC2(CCl)CCCC2)c1Cl. The molecule has 1 aliphatic rings. The smallest absolute Gasteiger partial charge is 0.0863 e. The van der Waals surface area contributed by atoms with Crippen molar-refractivity contribution in [3.8, 4) is 0 Å². The van der Waals surface area contributed by atoms with Crippen LogP contribution in [0.3, 0.4) is 0 Å². The van der Waals surface area contributed by atoms with E-state index in [1.807, 2.05) is 4.68 Å². The minimum atomic E-state index is 0.0973. The molecular weight excluding hydrogens is 281 g/mol. The number of hydrogen-bond donors (Lipinski definition) is 1. The fourth-order valence-electron chi connectivity index (χ4n) is 2.87. The van der Waals surface area contributed by atoms with Gasteiger partial charge in [0.2, 0.25) is 0 Å². The van der Waals surface area contributed by atoms with E-state index in [1.54, 1.807) is 0 Å². The van der Waals surface area contributed by atoms with E-state index < -0.39 is 0 Å². The molecule has 1 saturated carbocycles. The molecule has 0 aliphatic heterocycles. The molecule has 108 valence electrons. The number of alkyl halides is 1. The molecular formula is C14H23Cl2N3. The lowest BCUT2D eigenvalue weighted by Crippen LogP contribution is -2.44. The largest absolute Gasteiger partial charge is 0.304 e. The summed E-state index contributed by atoms with van der Waals surface area (Å²) in [5.41, 5.74) is 2.18. The lowest BCUT2D eigenvalue weighted by Gasteiger charge is -2.28. The first kappa shape index (κ1) is 15.1. The molecule has 3 nitrogen and oxygen atoms in total. The summed E-state index contributed by atoms with van der Waals surface area (Å²) < 4.78 is 2.01.